The first-order chi connectivity index (χ1) is 10.1. The molecule has 1 atom stereocenters. The van der Waals surface area contributed by atoms with Gasteiger partial charge in [0.2, 0.25) is 0 Å². The first-order valence-corrected chi connectivity index (χ1v) is 7.05. The summed E-state index contributed by atoms with van der Waals surface area (Å²) in [6.45, 7) is 0.536. The Bertz CT molecular complexity index is 539. The van der Waals surface area contributed by atoms with Crippen LogP contribution in [-0.2, 0) is 15.9 Å². The number of rotatable bonds is 4. The highest BCUT2D eigenvalue weighted by Gasteiger charge is 2.25. The van der Waals surface area contributed by atoms with Gasteiger partial charge in [-0.25, -0.2) is 9.18 Å². The van der Waals surface area contributed by atoms with Crippen molar-refractivity contribution in [3.63, 3.8) is 0 Å². The topological polar surface area (TPSA) is 59.6 Å². The zero-order valence-electron chi connectivity index (χ0n) is 11.6. The molecule has 1 aromatic carbocycles. The van der Waals surface area contributed by atoms with E-state index in [0.717, 1.165) is 17.5 Å². The van der Waals surface area contributed by atoms with E-state index in [2.05, 4.69) is 15.4 Å². The molecule has 0 fully saturated rings. The normalized spacial score (nSPS) is 16.0. The van der Waals surface area contributed by atoms with Crippen LogP contribution in [0.25, 0.3) is 0 Å². The van der Waals surface area contributed by atoms with Gasteiger partial charge in [-0.2, -0.15) is 0 Å². The molecule has 0 saturated carbocycles. The molecule has 1 unspecified atom stereocenters. The fourth-order valence-electron chi connectivity index (χ4n) is 2.33. The van der Waals surface area contributed by atoms with Crippen molar-refractivity contribution in [3.05, 3.63) is 35.1 Å². The van der Waals surface area contributed by atoms with E-state index >= 15 is 0 Å². The fourth-order valence-corrected chi connectivity index (χ4v) is 2.57. The molecule has 0 spiro atoms. The molecule has 0 aromatic heterocycles. The smallest absolute Gasteiger partial charge is 0.438 e. The lowest BCUT2D eigenvalue weighted by atomic mass is 10.1. The standard InChI is InChI=1S/C14H17FN2O3S/c1-19-14(18)20-8-7-16-13(21)17-12-6-5-9-10(12)3-2-4-11(9)15/h2-4,12H,5-8H2,1H3,(H2,16,17,21). The number of methoxy groups -OCH3 is 1. The Hall–Kier alpha value is -1.89. The number of hydrogen-bond donors (Lipinski definition) is 2. The number of carbonyl (C=O) groups is 1. The van der Waals surface area contributed by atoms with Crippen molar-refractivity contribution >= 4 is 23.5 Å². The summed E-state index contributed by atoms with van der Waals surface area (Å²) >= 11 is 5.17. The highest BCUT2D eigenvalue weighted by atomic mass is 32.1. The van der Waals surface area contributed by atoms with Gasteiger partial charge in [-0.1, -0.05) is 12.1 Å². The molecule has 0 bridgehead atoms. The van der Waals surface area contributed by atoms with E-state index in [9.17, 15) is 9.18 Å². The molecule has 0 aliphatic heterocycles. The van der Waals surface area contributed by atoms with E-state index in [4.69, 9.17) is 17.0 Å². The maximum Gasteiger partial charge on any atom is 0.508 e. The van der Waals surface area contributed by atoms with Crippen LogP contribution in [0.15, 0.2) is 18.2 Å². The van der Waals surface area contributed by atoms with Gasteiger partial charge in [-0.15, -0.1) is 0 Å². The summed E-state index contributed by atoms with van der Waals surface area (Å²) in [5, 5.41) is 6.52. The van der Waals surface area contributed by atoms with Crippen LogP contribution in [0.3, 0.4) is 0 Å². The zero-order valence-corrected chi connectivity index (χ0v) is 12.5. The molecule has 7 heteroatoms. The predicted molar refractivity (Wildman–Crippen MR) is 79.6 cm³/mol. The summed E-state index contributed by atoms with van der Waals surface area (Å²) in [5.74, 6) is -0.165. The van der Waals surface area contributed by atoms with Crippen LogP contribution in [0.2, 0.25) is 0 Å². The minimum absolute atomic E-state index is 0.0113. The van der Waals surface area contributed by atoms with Crippen molar-refractivity contribution in [2.24, 2.45) is 0 Å². The fraction of sp³-hybridized carbons (Fsp3) is 0.429. The van der Waals surface area contributed by atoms with E-state index in [1.165, 1.54) is 13.2 Å². The lowest BCUT2D eigenvalue weighted by Gasteiger charge is -2.17. The molecule has 2 N–H and O–H groups in total. The van der Waals surface area contributed by atoms with Gasteiger partial charge in [-0.05, 0) is 42.3 Å². The Balaban J connectivity index is 1.78. The molecular weight excluding hydrogens is 295 g/mol. The molecule has 0 radical (unpaired) electrons. The van der Waals surface area contributed by atoms with Crippen LogP contribution in [0.1, 0.15) is 23.6 Å². The molecule has 0 heterocycles. The number of ether oxygens (including phenoxy) is 2. The number of halogens is 1. The lowest BCUT2D eigenvalue weighted by Crippen LogP contribution is -2.38. The lowest BCUT2D eigenvalue weighted by molar-refractivity contribution is 0.0743. The Labute approximate surface area is 127 Å². The number of benzene rings is 1. The number of thiocarbonyl (C=S) groups is 1. The minimum Gasteiger partial charge on any atom is -0.438 e. The van der Waals surface area contributed by atoms with Crippen molar-refractivity contribution in [1.82, 2.24) is 10.6 Å². The van der Waals surface area contributed by atoms with Gasteiger partial charge in [0.05, 0.1) is 19.7 Å². The van der Waals surface area contributed by atoms with E-state index in [-0.39, 0.29) is 18.5 Å². The highest BCUT2D eigenvalue weighted by Crippen LogP contribution is 2.32. The first-order valence-electron chi connectivity index (χ1n) is 6.64. The predicted octanol–water partition coefficient (Wildman–Crippen LogP) is 2.06. The molecule has 0 amide bonds. The third-order valence-electron chi connectivity index (χ3n) is 3.29. The second kappa shape index (κ2) is 7.21. The monoisotopic (exact) mass is 312 g/mol. The van der Waals surface area contributed by atoms with Gasteiger partial charge in [0.15, 0.2) is 5.11 Å². The van der Waals surface area contributed by atoms with E-state index in [1.54, 1.807) is 6.07 Å². The minimum atomic E-state index is -0.726. The van der Waals surface area contributed by atoms with Crippen molar-refractivity contribution in [2.45, 2.75) is 18.9 Å². The molecule has 21 heavy (non-hydrogen) atoms. The molecule has 1 aromatic rings. The molecule has 2 rings (SSSR count). The van der Waals surface area contributed by atoms with E-state index < -0.39 is 6.16 Å². The maximum atomic E-state index is 13.6. The van der Waals surface area contributed by atoms with Gasteiger partial charge in [0.1, 0.15) is 12.4 Å². The van der Waals surface area contributed by atoms with Crippen LogP contribution < -0.4 is 10.6 Å². The van der Waals surface area contributed by atoms with Gasteiger partial charge in [0.25, 0.3) is 0 Å². The van der Waals surface area contributed by atoms with Crippen LogP contribution in [0.4, 0.5) is 9.18 Å². The van der Waals surface area contributed by atoms with Crippen LogP contribution in [-0.4, -0.2) is 31.5 Å². The number of hydrogen-bond acceptors (Lipinski definition) is 4. The van der Waals surface area contributed by atoms with E-state index in [0.29, 0.717) is 18.1 Å². The van der Waals surface area contributed by atoms with Gasteiger partial charge in [0, 0.05) is 0 Å². The molecule has 5 nitrogen and oxygen atoms in total. The average Bonchev–Trinajstić information content (AvgIpc) is 2.88. The molecular formula is C14H17FN2O3S. The third kappa shape index (κ3) is 4.04. The second-order valence-corrected chi connectivity index (χ2v) is 5.01. The molecule has 114 valence electrons. The van der Waals surface area contributed by atoms with Crippen molar-refractivity contribution in [1.29, 1.82) is 0 Å². The molecule has 0 saturated heterocycles. The number of fused-ring (bicyclic) bond motifs is 1. The zero-order chi connectivity index (χ0) is 15.2. The second-order valence-electron chi connectivity index (χ2n) is 4.60. The highest BCUT2D eigenvalue weighted by molar-refractivity contribution is 7.80. The molecule has 1 aliphatic carbocycles. The quantitative estimate of drug-likeness (QED) is 0.504. The summed E-state index contributed by atoms with van der Waals surface area (Å²) in [5.41, 5.74) is 1.71. The van der Waals surface area contributed by atoms with Crippen LogP contribution in [0, 0.1) is 5.82 Å². The summed E-state index contributed by atoms with van der Waals surface area (Å²) in [7, 11) is 1.25. The number of carbonyl (C=O) groups excluding carboxylic acids is 1. The van der Waals surface area contributed by atoms with Crippen LogP contribution in [0.5, 0.6) is 0 Å². The van der Waals surface area contributed by atoms with Crippen molar-refractivity contribution in [2.75, 3.05) is 20.3 Å². The van der Waals surface area contributed by atoms with E-state index in [1.807, 2.05) is 6.07 Å². The first kappa shape index (κ1) is 15.5. The Morgan fingerprint density at radius 3 is 3.10 bits per heavy atom. The maximum absolute atomic E-state index is 13.6. The number of nitrogens with one attached hydrogen (secondary N) is 2. The van der Waals surface area contributed by atoms with Gasteiger partial charge >= 0.3 is 6.16 Å². The largest absolute Gasteiger partial charge is 0.508 e. The van der Waals surface area contributed by atoms with Gasteiger partial charge < -0.3 is 20.1 Å². The summed E-state index contributed by atoms with van der Waals surface area (Å²) < 4.78 is 22.7. The Morgan fingerprint density at radius 2 is 2.33 bits per heavy atom. The molecule has 1 aliphatic rings. The Morgan fingerprint density at radius 1 is 1.52 bits per heavy atom. The summed E-state index contributed by atoms with van der Waals surface area (Å²) in [6, 6.07) is 5.10. The third-order valence-corrected chi connectivity index (χ3v) is 3.56. The SMILES string of the molecule is COC(=O)OCCNC(=S)NC1CCc2c(F)cccc21. The Kier molecular flexibility index (Phi) is 5.32. The van der Waals surface area contributed by atoms with Crippen molar-refractivity contribution < 1.29 is 18.7 Å². The van der Waals surface area contributed by atoms with Gasteiger partial charge in [-0.3, -0.25) is 0 Å². The average molecular weight is 312 g/mol. The van der Waals surface area contributed by atoms with Crippen LogP contribution >= 0.6 is 12.2 Å². The van der Waals surface area contributed by atoms with Crippen molar-refractivity contribution in [3.8, 4) is 0 Å². The summed E-state index contributed by atoms with van der Waals surface area (Å²) in [4.78, 5) is 10.7. The summed E-state index contributed by atoms with van der Waals surface area (Å²) in [6.07, 6.45) is 0.778.